The number of amides is 1. The average Bonchev–Trinajstić information content (AvgIpc) is 2.41. The van der Waals surface area contributed by atoms with Crippen LogP contribution in [0.4, 0.5) is 4.79 Å². The summed E-state index contributed by atoms with van der Waals surface area (Å²) in [6.07, 6.45) is -0.589. The third kappa shape index (κ3) is 6.25. The van der Waals surface area contributed by atoms with Crippen molar-refractivity contribution in [2.75, 3.05) is 13.2 Å². The van der Waals surface area contributed by atoms with Crippen LogP contribution in [0.3, 0.4) is 0 Å². The molecule has 8 nitrogen and oxygen atoms in total. The zero-order valence-electron chi connectivity index (χ0n) is 13.1. The first-order valence-electron chi connectivity index (χ1n) is 6.80. The molecule has 0 atom stereocenters. The fraction of sp³-hybridized carbons (Fsp3) is 0.400. The van der Waals surface area contributed by atoms with Crippen molar-refractivity contribution in [1.82, 2.24) is 5.32 Å². The molecule has 3 N–H and O–H groups in total. The molecule has 0 heterocycles. The normalized spacial score (nSPS) is 10.7. The van der Waals surface area contributed by atoms with Gasteiger partial charge in [0.1, 0.15) is 18.0 Å². The second kappa shape index (κ2) is 7.48. The summed E-state index contributed by atoms with van der Waals surface area (Å²) >= 11 is 0. The summed E-state index contributed by atoms with van der Waals surface area (Å²) in [5.41, 5.74) is -1.29. The fourth-order valence-electron chi connectivity index (χ4n) is 1.61. The van der Waals surface area contributed by atoms with E-state index in [1.54, 1.807) is 20.8 Å². The highest BCUT2D eigenvalue weighted by molar-refractivity contribution is 6.01. The monoisotopic (exact) mass is 325 g/mol. The maximum Gasteiger partial charge on any atom is 0.407 e. The molecule has 0 saturated carbocycles. The number of benzene rings is 1. The summed E-state index contributed by atoms with van der Waals surface area (Å²) in [5.74, 6) is -2.50. The first kappa shape index (κ1) is 18.3. The Hall–Kier alpha value is -2.77. The van der Waals surface area contributed by atoms with Crippen LogP contribution in [0.1, 0.15) is 41.5 Å². The summed E-state index contributed by atoms with van der Waals surface area (Å²) in [4.78, 5) is 33.4. The van der Waals surface area contributed by atoms with Crippen molar-refractivity contribution >= 4 is 18.0 Å². The van der Waals surface area contributed by atoms with Gasteiger partial charge in [-0.05, 0) is 39.0 Å². The predicted octanol–water partition coefficient (Wildman–Crippen LogP) is 1.99. The Balaban J connectivity index is 2.56. The van der Waals surface area contributed by atoms with Crippen LogP contribution in [0.2, 0.25) is 0 Å². The standard InChI is InChI=1S/C15H19NO7/c1-15(2,3)23-14(21)16-6-7-22-9-4-5-10(12(17)18)11(8-9)13(19)20/h4-5,8H,6-7H2,1-3H3,(H,16,21)(H,17,18)(H,19,20). The van der Waals surface area contributed by atoms with Crippen LogP contribution in [0.25, 0.3) is 0 Å². The van der Waals surface area contributed by atoms with Crippen LogP contribution >= 0.6 is 0 Å². The van der Waals surface area contributed by atoms with Crippen LogP contribution in [0.5, 0.6) is 5.75 Å². The molecule has 0 unspecified atom stereocenters. The summed E-state index contributed by atoms with van der Waals surface area (Å²) in [7, 11) is 0. The van der Waals surface area contributed by atoms with Crippen molar-refractivity contribution in [3.05, 3.63) is 29.3 Å². The zero-order chi connectivity index (χ0) is 17.6. The minimum absolute atomic E-state index is 0.0741. The number of alkyl carbamates (subject to hydrolysis) is 1. The third-order valence-corrected chi connectivity index (χ3v) is 2.49. The number of aromatic carboxylic acids is 2. The Labute approximate surface area is 133 Å². The van der Waals surface area contributed by atoms with E-state index in [2.05, 4.69) is 5.32 Å². The van der Waals surface area contributed by atoms with E-state index in [9.17, 15) is 14.4 Å². The Morgan fingerprint density at radius 1 is 1.09 bits per heavy atom. The third-order valence-electron chi connectivity index (χ3n) is 2.49. The van der Waals surface area contributed by atoms with Crippen LogP contribution in [0, 0.1) is 0 Å². The number of nitrogens with one attached hydrogen (secondary N) is 1. The van der Waals surface area contributed by atoms with Gasteiger partial charge in [0.05, 0.1) is 17.7 Å². The number of carboxylic acid groups (broad SMARTS) is 2. The van der Waals surface area contributed by atoms with E-state index in [0.717, 1.165) is 12.1 Å². The lowest BCUT2D eigenvalue weighted by atomic mass is 10.1. The SMILES string of the molecule is CC(C)(C)OC(=O)NCCOc1ccc(C(=O)O)c(C(=O)O)c1. The van der Waals surface area contributed by atoms with Crippen molar-refractivity contribution in [2.45, 2.75) is 26.4 Å². The van der Waals surface area contributed by atoms with Crippen LogP contribution in [-0.4, -0.2) is 47.0 Å². The lowest BCUT2D eigenvalue weighted by Crippen LogP contribution is -2.34. The molecule has 0 spiro atoms. The Bertz CT molecular complexity index is 604. The largest absolute Gasteiger partial charge is 0.492 e. The van der Waals surface area contributed by atoms with Crippen molar-refractivity contribution in [3.8, 4) is 5.75 Å². The lowest BCUT2D eigenvalue weighted by Gasteiger charge is -2.19. The summed E-state index contributed by atoms with van der Waals surface area (Å²) in [5, 5.41) is 20.4. The average molecular weight is 325 g/mol. The molecule has 0 aliphatic rings. The van der Waals surface area contributed by atoms with Gasteiger partial charge in [-0.1, -0.05) is 0 Å². The molecule has 23 heavy (non-hydrogen) atoms. The topological polar surface area (TPSA) is 122 Å². The predicted molar refractivity (Wildman–Crippen MR) is 80.1 cm³/mol. The van der Waals surface area contributed by atoms with Gasteiger partial charge < -0.3 is 25.0 Å². The maximum absolute atomic E-state index is 11.4. The molecule has 1 rings (SSSR count). The molecule has 8 heteroatoms. The molecule has 0 aliphatic carbocycles. The number of ether oxygens (including phenoxy) is 2. The summed E-state index contributed by atoms with van der Waals surface area (Å²) < 4.78 is 10.3. The second-order valence-electron chi connectivity index (χ2n) is 5.59. The number of carboxylic acids is 2. The molecule has 0 bridgehead atoms. The van der Waals surface area contributed by atoms with E-state index in [4.69, 9.17) is 19.7 Å². The molecule has 0 aromatic heterocycles. The summed E-state index contributed by atoms with van der Waals surface area (Å²) in [6, 6.07) is 3.63. The first-order chi connectivity index (χ1) is 10.6. The van der Waals surface area contributed by atoms with Crippen molar-refractivity contribution in [3.63, 3.8) is 0 Å². The molecule has 0 aliphatic heterocycles. The van der Waals surface area contributed by atoms with Gasteiger partial charge in [0.25, 0.3) is 0 Å². The van der Waals surface area contributed by atoms with E-state index in [0.29, 0.717) is 0 Å². The van der Waals surface area contributed by atoms with Crippen LogP contribution in [-0.2, 0) is 4.74 Å². The molecule has 0 radical (unpaired) electrons. The molecule has 0 fully saturated rings. The van der Waals surface area contributed by atoms with Gasteiger partial charge in [-0.15, -0.1) is 0 Å². The molecule has 1 aromatic rings. The molecule has 126 valence electrons. The number of carbonyl (C=O) groups excluding carboxylic acids is 1. The number of carbonyl (C=O) groups is 3. The quantitative estimate of drug-likeness (QED) is 0.683. The van der Waals surface area contributed by atoms with Crippen molar-refractivity contribution < 1.29 is 34.1 Å². The Kier molecular flexibility index (Phi) is 5.94. The van der Waals surface area contributed by atoms with Crippen molar-refractivity contribution in [2.24, 2.45) is 0 Å². The van der Waals surface area contributed by atoms with Gasteiger partial charge >= 0.3 is 18.0 Å². The van der Waals surface area contributed by atoms with E-state index >= 15 is 0 Å². The smallest absolute Gasteiger partial charge is 0.407 e. The van der Waals surface area contributed by atoms with E-state index in [1.807, 2.05) is 0 Å². The molecule has 1 amide bonds. The van der Waals surface area contributed by atoms with E-state index in [1.165, 1.54) is 6.07 Å². The van der Waals surface area contributed by atoms with E-state index in [-0.39, 0.29) is 30.0 Å². The molecular weight excluding hydrogens is 306 g/mol. The maximum atomic E-state index is 11.4. The minimum Gasteiger partial charge on any atom is -0.492 e. The highest BCUT2D eigenvalue weighted by Gasteiger charge is 2.17. The highest BCUT2D eigenvalue weighted by Crippen LogP contribution is 2.18. The molecule has 1 aromatic carbocycles. The van der Waals surface area contributed by atoms with Crippen LogP contribution < -0.4 is 10.1 Å². The van der Waals surface area contributed by atoms with Gasteiger partial charge in [0, 0.05) is 0 Å². The molecular formula is C15H19NO7. The van der Waals surface area contributed by atoms with Crippen LogP contribution in [0.15, 0.2) is 18.2 Å². The number of hydrogen-bond donors (Lipinski definition) is 3. The fourth-order valence-corrected chi connectivity index (χ4v) is 1.61. The number of rotatable bonds is 6. The molecule has 0 saturated heterocycles. The van der Waals surface area contributed by atoms with Gasteiger partial charge in [0.2, 0.25) is 0 Å². The minimum atomic E-state index is -1.36. The Morgan fingerprint density at radius 3 is 2.22 bits per heavy atom. The second-order valence-corrected chi connectivity index (χ2v) is 5.59. The van der Waals surface area contributed by atoms with Gasteiger partial charge in [-0.2, -0.15) is 0 Å². The van der Waals surface area contributed by atoms with Gasteiger partial charge in [0.15, 0.2) is 0 Å². The number of hydrogen-bond acceptors (Lipinski definition) is 5. The van der Waals surface area contributed by atoms with Gasteiger partial charge in [-0.25, -0.2) is 14.4 Å². The van der Waals surface area contributed by atoms with Gasteiger partial charge in [-0.3, -0.25) is 0 Å². The highest BCUT2D eigenvalue weighted by atomic mass is 16.6. The first-order valence-corrected chi connectivity index (χ1v) is 6.80. The summed E-state index contributed by atoms with van der Waals surface area (Å²) in [6.45, 7) is 5.43. The zero-order valence-corrected chi connectivity index (χ0v) is 13.1. The Morgan fingerprint density at radius 2 is 1.70 bits per heavy atom. The lowest BCUT2D eigenvalue weighted by molar-refractivity contribution is 0.0519. The van der Waals surface area contributed by atoms with Crippen molar-refractivity contribution in [1.29, 1.82) is 0 Å². The van der Waals surface area contributed by atoms with E-state index < -0.39 is 23.6 Å².